The van der Waals surface area contributed by atoms with Crippen LogP contribution in [0.4, 0.5) is 0 Å². The molecule has 1 aliphatic carbocycles. The summed E-state index contributed by atoms with van der Waals surface area (Å²) < 4.78 is 4.83. The quantitative estimate of drug-likeness (QED) is 0.691. The lowest BCUT2D eigenvalue weighted by Gasteiger charge is -2.48. The molecule has 14 heavy (non-hydrogen) atoms. The second-order valence-electron chi connectivity index (χ2n) is 4.24. The van der Waals surface area contributed by atoms with Crippen LogP contribution >= 0.6 is 0 Å². The summed E-state index contributed by atoms with van der Waals surface area (Å²) in [6, 6.07) is 0. The normalized spacial score (nSPS) is 36.3. The van der Waals surface area contributed by atoms with Gasteiger partial charge in [-0.05, 0) is 11.8 Å². The zero-order valence-electron chi connectivity index (χ0n) is 8.64. The lowest BCUT2D eigenvalue weighted by atomic mass is 9.59. The van der Waals surface area contributed by atoms with E-state index in [1.54, 1.807) is 0 Å². The molecule has 0 aliphatic heterocycles. The molecule has 0 aromatic heterocycles. The minimum absolute atomic E-state index is 0.0810. The van der Waals surface area contributed by atoms with Gasteiger partial charge in [-0.25, -0.2) is 0 Å². The number of carbonyl (C=O) groups excluding carboxylic acids is 1. The molecule has 1 rings (SSSR count). The molecule has 0 amide bonds. The fourth-order valence-electron chi connectivity index (χ4n) is 2.52. The van der Waals surface area contributed by atoms with Gasteiger partial charge in [0.1, 0.15) is 6.10 Å². The Morgan fingerprint density at radius 3 is 2.43 bits per heavy atom. The van der Waals surface area contributed by atoms with E-state index in [1.807, 2.05) is 20.8 Å². The van der Waals surface area contributed by atoms with Crippen LogP contribution in [-0.4, -0.2) is 23.7 Å². The first kappa shape index (κ1) is 11.0. The number of carboxylic acids is 1. The molecule has 4 unspecified atom stereocenters. The van der Waals surface area contributed by atoms with E-state index in [4.69, 9.17) is 9.84 Å². The molecule has 1 aliphatic rings. The third kappa shape index (κ3) is 1.61. The standard InChI is InChI=1S/C10H16O4/c1-5(2)7-6(3)8(10(12)13)9(7)14-4-11/h4-9H,1-3H3,(H,12,13). The van der Waals surface area contributed by atoms with Gasteiger partial charge in [-0.3, -0.25) is 9.59 Å². The monoisotopic (exact) mass is 200 g/mol. The summed E-state index contributed by atoms with van der Waals surface area (Å²) in [4.78, 5) is 21.1. The van der Waals surface area contributed by atoms with Gasteiger partial charge in [0.05, 0.1) is 5.92 Å². The molecule has 4 nitrogen and oxygen atoms in total. The summed E-state index contributed by atoms with van der Waals surface area (Å²) in [5.74, 6) is -0.821. The molecule has 4 heteroatoms. The highest BCUT2D eigenvalue weighted by Gasteiger charge is 2.54. The summed E-state index contributed by atoms with van der Waals surface area (Å²) in [7, 11) is 0. The number of aliphatic carboxylic acids is 1. The van der Waals surface area contributed by atoms with Gasteiger partial charge in [0.25, 0.3) is 6.47 Å². The van der Waals surface area contributed by atoms with E-state index in [1.165, 1.54) is 0 Å². The van der Waals surface area contributed by atoms with Crippen molar-refractivity contribution in [2.75, 3.05) is 0 Å². The van der Waals surface area contributed by atoms with Crippen molar-refractivity contribution in [3.05, 3.63) is 0 Å². The maximum Gasteiger partial charge on any atom is 0.310 e. The first-order valence-electron chi connectivity index (χ1n) is 4.82. The highest BCUT2D eigenvalue weighted by molar-refractivity contribution is 5.73. The van der Waals surface area contributed by atoms with Crippen molar-refractivity contribution in [2.24, 2.45) is 23.7 Å². The van der Waals surface area contributed by atoms with Crippen molar-refractivity contribution >= 4 is 12.4 Å². The zero-order chi connectivity index (χ0) is 10.9. The highest BCUT2D eigenvalue weighted by Crippen LogP contribution is 2.46. The van der Waals surface area contributed by atoms with Crippen LogP contribution in [0.2, 0.25) is 0 Å². The Kier molecular flexibility index (Phi) is 3.13. The molecule has 4 atom stereocenters. The molecule has 0 aromatic carbocycles. The van der Waals surface area contributed by atoms with Crippen LogP contribution in [0.1, 0.15) is 20.8 Å². The first-order valence-corrected chi connectivity index (χ1v) is 4.82. The Balaban J connectivity index is 2.72. The molecule has 1 saturated carbocycles. The van der Waals surface area contributed by atoms with Crippen LogP contribution in [0.5, 0.6) is 0 Å². The van der Waals surface area contributed by atoms with Gasteiger partial charge in [0.15, 0.2) is 0 Å². The molecular weight excluding hydrogens is 184 g/mol. The molecule has 0 spiro atoms. The minimum atomic E-state index is -0.874. The SMILES string of the molecule is CC(C)C1C(C)C(C(=O)O)C1OC=O. The molecule has 0 radical (unpaired) electrons. The molecule has 1 fully saturated rings. The maximum atomic E-state index is 10.8. The fourth-order valence-corrected chi connectivity index (χ4v) is 2.52. The van der Waals surface area contributed by atoms with E-state index < -0.39 is 18.0 Å². The number of ether oxygens (including phenoxy) is 1. The highest BCUT2D eigenvalue weighted by atomic mass is 16.5. The van der Waals surface area contributed by atoms with Crippen molar-refractivity contribution in [1.29, 1.82) is 0 Å². The van der Waals surface area contributed by atoms with Crippen molar-refractivity contribution < 1.29 is 19.4 Å². The van der Waals surface area contributed by atoms with Crippen LogP contribution < -0.4 is 0 Å². The maximum absolute atomic E-state index is 10.8. The minimum Gasteiger partial charge on any atom is -0.481 e. The van der Waals surface area contributed by atoms with Gasteiger partial charge < -0.3 is 9.84 Å². The summed E-state index contributed by atoms with van der Waals surface area (Å²) in [5.41, 5.74) is 0. The van der Waals surface area contributed by atoms with E-state index in [-0.39, 0.29) is 11.8 Å². The van der Waals surface area contributed by atoms with E-state index in [0.717, 1.165) is 0 Å². The first-order chi connectivity index (χ1) is 6.50. The molecule has 0 heterocycles. The predicted molar refractivity (Wildman–Crippen MR) is 49.6 cm³/mol. The van der Waals surface area contributed by atoms with Gasteiger partial charge in [0.2, 0.25) is 0 Å². The largest absolute Gasteiger partial charge is 0.481 e. The Hall–Kier alpha value is -1.06. The van der Waals surface area contributed by atoms with Gasteiger partial charge in [-0.2, -0.15) is 0 Å². The summed E-state index contributed by atoms with van der Waals surface area (Å²) >= 11 is 0. The molecule has 0 aromatic rings. The van der Waals surface area contributed by atoms with Gasteiger partial charge in [0, 0.05) is 5.92 Å². The van der Waals surface area contributed by atoms with Crippen molar-refractivity contribution in [3.63, 3.8) is 0 Å². The lowest BCUT2D eigenvalue weighted by Crippen LogP contribution is -2.56. The molecule has 0 saturated heterocycles. The molecule has 80 valence electrons. The average molecular weight is 200 g/mol. The Morgan fingerprint density at radius 2 is 2.07 bits per heavy atom. The second kappa shape index (κ2) is 3.98. The lowest BCUT2D eigenvalue weighted by molar-refractivity contribution is -0.184. The Labute approximate surface area is 83.2 Å². The van der Waals surface area contributed by atoms with Crippen molar-refractivity contribution in [2.45, 2.75) is 26.9 Å². The van der Waals surface area contributed by atoms with Crippen LogP contribution in [0, 0.1) is 23.7 Å². The third-order valence-electron chi connectivity index (χ3n) is 3.17. The average Bonchev–Trinajstić information content (AvgIpc) is 2.01. The zero-order valence-corrected chi connectivity index (χ0v) is 8.64. The van der Waals surface area contributed by atoms with Crippen LogP contribution in [0.3, 0.4) is 0 Å². The van der Waals surface area contributed by atoms with Crippen molar-refractivity contribution in [3.8, 4) is 0 Å². The summed E-state index contributed by atoms with van der Waals surface area (Å²) in [6.07, 6.45) is -0.444. The predicted octanol–water partition coefficient (Wildman–Crippen LogP) is 1.15. The van der Waals surface area contributed by atoms with Gasteiger partial charge in [-0.15, -0.1) is 0 Å². The van der Waals surface area contributed by atoms with Crippen molar-refractivity contribution in [1.82, 2.24) is 0 Å². The number of carboxylic acid groups (broad SMARTS) is 1. The number of carbonyl (C=O) groups is 2. The fraction of sp³-hybridized carbons (Fsp3) is 0.800. The van der Waals surface area contributed by atoms with Crippen LogP contribution in [-0.2, 0) is 14.3 Å². The molecule has 1 N–H and O–H groups in total. The Morgan fingerprint density at radius 1 is 1.50 bits per heavy atom. The third-order valence-corrected chi connectivity index (χ3v) is 3.17. The van der Waals surface area contributed by atoms with Crippen LogP contribution in [0.15, 0.2) is 0 Å². The number of hydrogen-bond donors (Lipinski definition) is 1. The number of rotatable bonds is 4. The van der Waals surface area contributed by atoms with Gasteiger partial charge in [-0.1, -0.05) is 20.8 Å². The number of hydrogen-bond acceptors (Lipinski definition) is 3. The van der Waals surface area contributed by atoms with E-state index in [0.29, 0.717) is 12.4 Å². The topological polar surface area (TPSA) is 63.6 Å². The second-order valence-corrected chi connectivity index (χ2v) is 4.24. The molecule has 0 bridgehead atoms. The Bertz CT molecular complexity index is 236. The summed E-state index contributed by atoms with van der Waals surface area (Å²) in [5, 5.41) is 8.90. The molecular formula is C10H16O4. The van der Waals surface area contributed by atoms with Crippen LogP contribution in [0.25, 0.3) is 0 Å². The van der Waals surface area contributed by atoms with E-state index in [2.05, 4.69) is 0 Å². The van der Waals surface area contributed by atoms with E-state index >= 15 is 0 Å². The summed E-state index contributed by atoms with van der Waals surface area (Å²) in [6.45, 7) is 6.27. The smallest absolute Gasteiger partial charge is 0.310 e. The van der Waals surface area contributed by atoms with Gasteiger partial charge >= 0.3 is 5.97 Å². The van der Waals surface area contributed by atoms with E-state index in [9.17, 15) is 9.59 Å².